The van der Waals surface area contributed by atoms with E-state index in [1.54, 1.807) is 10.9 Å². The monoisotopic (exact) mass is 466 g/mol. The molecule has 174 valence electrons. The molecule has 0 saturated carbocycles. The second kappa shape index (κ2) is 8.91. The van der Waals surface area contributed by atoms with Crippen molar-refractivity contribution in [1.82, 2.24) is 19.8 Å². The van der Waals surface area contributed by atoms with Crippen LogP contribution in [-0.4, -0.2) is 45.6 Å². The maximum atomic E-state index is 13.1. The zero-order valence-electron chi connectivity index (χ0n) is 19.3. The van der Waals surface area contributed by atoms with E-state index in [-0.39, 0.29) is 23.5 Å². The summed E-state index contributed by atoms with van der Waals surface area (Å²) in [6.45, 7) is 4.12. The second-order valence-electron chi connectivity index (χ2n) is 9.47. The molecule has 3 atom stereocenters. The predicted molar refractivity (Wildman–Crippen MR) is 130 cm³/mol. The zero-order chi connectivity index (χ0) is 23.1. The summed E-state index contributed by atoms with van der Waals surface area (Å²) < 4.78 is 8.44. The highest BCUT2D eigenvalue weighted by atomic mass is 32.1. The molecule has 2 aromatic heterocycles. The van der Waals surface area contributed by atoms with Gasteiger partial charge in [0.15, 0.2) is 0 Å². The van der Waals surface area contributed by atoms with Gasteiger partial charge in [0, 0.05) is 22.9 Å². The summed E-state index contributed by atoms with van der Waals surface area (Å²) in [5.41, 5.74) is 1.31. The van der Waals surface area contributed by atoms with Crippen LogP contribution in [0.5, 0.6) is 5.75 Å². The highest BCUT2D eigenvalue weighted by molar-refractivity contribution is 7.18. The molecule has 0 radical (unpaired) electrons. The lowest BCUT2D eigenvalue weighted by Crippen LogP contribution is -2.43. The lowest BCUT2D eigenvalue weighted by molar-refractivity contribution is -0.124. The molecule has 0 spiro atoms. The summed E-state index contributed by atoms with van der Waals surface area (Å²) in [6.07, 6.45) is 6.52. The Kier molecular flexibility index (Phi) is 5.97. The number of nitrogens with one attached hydrogen (secondary N) is 1. The molecule has 2 aliphatic rings. The van der Waals surface area contributed by atoms with E-state index in [0.717, 1.165) is 29.2 Å². The Morgan fingerprint density at radius 3 is 2.58 bits per heavy atom. The lowest BCUT2D eigenvalue weighted by Gasteiger charge is -2.36. The minimum Gasteiger partial charge on any atom is -0.490 e. The van der Waals surface area contributed by atoms with Gasteiger partial charge in [0.05, 0.1) is 17.7 Å². The lowest BCUT2D eigenvalue weighted by atomic mass is 10.0. The van der Waals surface area contributed by atoms with E-state index < -0.39 is 0 Å². The molecule has 8 heteroatoms. The highest BCUT2D eigenvalue weighted by Crippen LogP contribution is 2.36. The molecule has 3 aromatic rings. The fourth-order valence-electron chi connectivity index (χ4n) is 4.95. The second-order valence-corrected chi connectivity index (χ2v) is 10.6. The van der Waals surface area contributed by atoms with Crippen molar-refractivity contribution in [1.29, 1.82) is 0 Å². The standard InChI is InChI=1S/C25H30N4O3S/c1-15(2)24(30)26-13-21-12-22-23(33-21)25(31)29(14-27-22)16-6-8-19(9-7-16)32-20-10-17-4-5-18(11-20)28(17)3/h6-9,12,14-15,17-18,20H,4-5,10-11,13H2,1-3H3,(H,26,30)/t17-,18+,20+. The maximum absolute atomic E-state index is 13.1. The molecule has 1 N–H and O–H groups in total. The fraction of sp³-hybridized carbons (Fsp3) is 0.480. The summed E-state index contributed by atoms with van der Waals surface area (Å²) >= 11 is 1.38. The molecule has 2 saturated heterocycles. The summed E-state index contributed by atoms with van der Waals surface area (Å²) in [5, 5.41) is 2.89. The van der Waals surface area contributed by atoms with E-state index in [1.807, 2.05) is 44.2 Å². The van der Waals surface area contributed by atoms with Crippen LogP contribution in [0.25, 0.3) is 15.9 Å². The molecule has 33 heavy (non-hydrogen) atoms. The number of carbonyl (C=O) groups is 1. The number of aromatic nitrogens is 2. The number of amides is 1. The first kappa shape index (κ1) is 22.1. The first-order chi connectivity index (χ1) is 15.9. The Balaban J connectivity index is 1.30. The van der Waals surface area contributed by atoms with E-state index >= 15 is 0 Å². The third-order valence-electron chi connectivity index (χ3n) is 6.92. The molecule has 4 heterocycles. The first-order valence-electron chi connectivity index (χ1n) is 11.7. The fourth-order valence-corrected chi connectivity index (χ4v) is 5.93. The number of hydrogen-bond acceptors (Lipinski definition) is 6. The number of thiophene rings is 1. The van der Waals surface area contributed by atoms with Crippen molar-refractivity contribution < 1.29 is 9.53 Å². The molecule has 2 bridgehead atoms. The van der Waals surface area contributed by atoms with E-state index in [0.29, 0.717) is 28.8 Å². The van der Waals surface area contributed by atoms with Gasteiger partial charge in [-0.3, -0.25) is 14.2 Å². The van der Waals surface area contributed by atoms with E-state index in [4.69, 9.17) is 4.74 Å². The SMILES string of the molecule is CC(C)C(=O)NCc1cc2ncn(-c3ccc(O[C@H]4C[C@H]5CC[C@@H](C4)N5C)cc3)c(=O)c2s1. The molecule has 0 aliphatic carbocycles. The van der Waals surface area contributed by atoms with Crippen molar-refractivity contribution in [2.75, 3.05) is 7.05 Å². The number of benzene rings is 1. The van der Waals surface area contributed by atoms with Gasteiger partial charge in [-0.1, -0.05) is 13.8 Å². The van der Waals surface area contributed by atoms with Crippen LogP contribution in [0.3, 0.4) is 0 Å². The summed E-state index contributed by atoms with van der Waals surface area (Å²) in [7, 11) is 2.23. The number of ether oxygens (including phenoxy) is 1. The predicted octanol–water partition coefficient (Wildman–Crippen LogP) is 3.72. The van der Waals surface area contributed by atoms with Crippen molar-refractivity contribution in [3.8, 4) is 11.4 Å². The van der Waals surface area contributed by atoms with Crippen LogP contribution >= 0.6 is 11.3 Å². The van der Waals surface area contributed by atoms with Gasteiger partial charge >= 0.3 is 0 Å². The minimum atomic E-state index is -0.105. The van der Waals surface area contributed by atoms with Crippen LogP contribution in [0, 0.1) is 5.92 Å². The van der Waals surface area contributed by atoms with Gasteiger partial charge in [0.25, 0.3) is 5.56 Å². The van der Waals surface area contributed by atoms with Gasteiger partial charge in [-0.05, 0) is 63.1 Å². The summed E-state index contributed by atoms with van der Waals surface area (Å²) in [5.74, 6) is 0.762. The Morgan fingerprint density at radius 2 is 1.91 bits per heavy atom. The van der Waals surface area contributed by atoms with Crippen molar-refractivity contribution >= 4 is 27.5 Å². The Hall–Kier alpha value is -2.71. The van der Waals surface area contributed by atoms with E-state index in [1.165, 1.54) is 24.2 Å². The number of hydrogen-bond donors (Lipinski definition) is 1. The van der Waals surface area contributed by atoms with Gasteiger partial charge in [-0.15, -0.1) is 11.3 Å². The van der Waals surface area contributed by atoms with Crippen molar-refractivity contribution in [3.63, 3.8) is 0 Å². The molecule has 5 rings (SSSR count). The average Bonchev–Trinajstić information content (AvgIpc) is 3.29. The van der Waals surface area contributed by atoms with Crippen molar-refractivity contribution in [2.24, 2.45) is 5.92 Å². The molecule has 1 amide bonds. The molecule has 2 aliphatic heterocycles. The quantitative estimate of drug-likeness (QED) is 0.599. The third-order valence-corrected chi connectivity index (χ3v) is 8.03. The normalized spacial score (nSPS) is 22.7. The smallest absolute Gasteiger partial charge is 0.275 e. The van der Waals surface area contributed by atoms with Crippen molar-refractivity contribution in [2.45, 2.75) is 64.3 Å². The molecule has 7 nitrogen and oxygen atoms in total. The van der Waals surface area contributed by atoms with Crippen LogP contribution in [0.1, 0.15) is 44.4 Å². The van der Waals surface area contributed by atoms with Crippen LogP contribution < -0.4 is 15.6 Å². The Bertz CT molecular complexity index is 1200. The molecule has 2 fully saturated rings. The molecular formula is C25H30N4O3S. The Labute approximate surface area is 197 Å². The number of nitrogens with zero attached hydrogens (tertiary/aromatic N) is 3. The topological polar surface area (TPSA) is 76.5 Å². The zero-order valence-corrected chi connectivity index (χ0v) is 20.1. The molecule has 1 aromatic carbocycles. The number of piperidine rings is 1. The van der Waals surface area contributed by atoms with Crippen molar-refractivity contribution in [3.05, 3.63) is 51.9 Å². The van der Waals surface area contributed by atoms with Crippen LogP contribution in [0.15, 0.2) is 41.5 Å². The number of fused-ring (bicyclic) bond motifs is 3. The van der Waals surface area contributed by atoms with Crippen LogP contribution in [0.2, 0.25) is 0 Å². The first-order valence-corrected chi connectivity index (χ1v) is 12.5. The van der Waals surface area contributed by atoms with Gasteiger partial charge < -0.3 is 15.0 Å². The number of rotatable bonds is 6. The summed E-state index contributed by atoms with van der Waals surface area (Å²) in [4.78, 5) is 32.8. The van der Waals surface area contributed by atoms with Gasteiger partial charge in [-0.2, -0.15) is 0 Å². The van der Waals surface area contributed by atoms with Crippen LogP contribution in [0.4, 0.5) is 0 Å². The highest BCUT2D eigenvalue weighted by Gasteiger charge is 2.39. The minimum absolute atomic E-state index is 0.00645. The summed E-state index contributed by atoms with van der Waals surface area (Å²) in [6, 6.07) is 10.8. The van der Waals surface area contributed by atoms with Gasteiger partial charge in [0.2, 0.25) is 5.91 Å². The van der Waals surface area contributed by atoms with E-state index in [2.05, 4.69) is 22.2 Å². The van der Waals surface area contributed by atoms with Crippen LogP contribution in [-0.2, 0) is 11.3 Å². The largest absolute Gasteiger partial charge is 0.490 e. The number of carbonyl (C=O) groups excluding carboxylic acids is 1. The van der Waals surface area contributed by atoms with E-state index in [9.17, 15) is 9.59 Å². The molecule has 0 unspecified atom stereocenters. The Morgan fingerprint density at radius 1 is 1.21 bits per heavy atom. The average molecular weight is 467 g/mol. The molecular weight excluding hydrogens is 436 g/mol. The third kappa shape index (κ3) is 4.42. The van der Waals surface area contributed by atoms with Gasteiger partial charge in [-0.25, -0.2) is 4.98 Å². The maximum Gasteiger partial charge on any atom is 0.275 e. The van der Waals surface area contributed by atoms with Gasteiger partial charge in [0.1, 0.15) is 22.9 Å².